The first-order chi connectivity index (χ1) is 7.61. The highest BCUT2D eigenvalue weighted by atomic mass is 15.3. The van der Waals surface area contributed by atoms with Gasteiger partial charge in [0.2, 0.25) is 0 Å². The largest absolute Gasteiger partial charge is 0.308 e. The Kier molecular flexibility index (Phi) is 2.57. The van der Waals surface area contributed by atoms with Crippen molar-refractivity contribution < 1.29 is 0 Å². The third-order valence-corrected chi connectivity index (χ3v) is 2.31. The molecular formula is C10H14N6. The second kappa shape index (κ2) is 3.90. The minimum Gasteiger partial charge on any atom is -0.308 e. The monoisotopic (exact) mass is 218 g/mol. The summed E-state index contributed by atoms with van der Waals surface area (Å²) in [4.78, 5) is 8.55. The SMILES string of the molecule is Cc1ccn(-c2nc(C)nc(NN)c2C)n1. The Labute approximate surface area is 93.5 Å². The molecule has 0 aromatic carbocycles. The Morgan fingerprint density at radius 2 is 2.00 bits per heavy atom. The first-order valence-corrected chi connectivity index (χ1v) is 4.96. The van der Waals surface area contributed by atoms with Crippen molar-refractivity contribution in [3.63, 3.8) is 0 Å². The van der Waals surface area contributed by atoms with Crippen LogP contribution in [0.4, 0.5) is 5.82 Å². The summed E-state index contributed by atoms with van der Waals surface area (Å²) in [6, 6.07) is 1.92. The summed E-state index contributed by atoms with van der Waals surface area (Å²) < 4.78 is 1.72. The highest BCUT2D eigenvalue weighted by Crippen LogP contribution is 2.17. The molecule has 0 saturated carbocycles. The van der Waals surface area contributed by atoms with Gasteiger partial charge in [0.05, 0.1) is 5.69 Å². The number of nitrogens with two attached hydrogens (primary N) is 1. The van der Waals surface area contributed by atoms with Gasteiger partial charge in [-0.15, -0.1) is 0 Å². The van der Waals surface area contributed by atoms with Crippen LogP contribution in [0.3, 0.4) is 0 Å². The van der Waals surface area contributed by atoms with Crippen molar-refractivity contribution in [1.29, 1.82) is 0 Å². The minimum atomic E-state index is 0.621. The molecule has 0 unspecified atom stereocenters. The molecule has 0 aliphatic heterocycles. The van der Waals surface area contributed by atoms with E-state index >= 15 is 0 Å². The number of aryl methyl sites for hydroxylation is 2. The Morgan fingerprint density at radius 3 is 2.56 bits per heavy atom. The number of anilines is 1. The van der Waals surface area contributed by atoms with Gasteiger partial charge in [0, 0.05) is 11.8 Å². The molecule has 0 bridgehead atoms. The van der Waals surface area contributed by atoms with Crippen LogP contribution in [0.25, 0.3) is 5.82 Å². The number of hydrazine groups is 1. The summed E-state index contributed by atoms with van der Waals surface area (Å²) in [7, 11) is 0. The van der Waals surface area contributed by atoms with Gasteiger partial charge >= 0.3 is 0 Å². The predicted molar refractivity (Wildman–Crippen MR) is 61.2 cm³/mol. The van der Waals surface area contributed by atoms with E-state index in [-0.39, 0.29) is 0 Å². The molecule has 2 aromatic rings. The van der Waals surface area contributed by atoms with Crippen LogP contribution in [0.2, 0.25) is 0 Å². The number of nitrogens with one attached hydrogen (secondary N) is 1. The normalized spacial score (nSPS) is 10.5. The lowest BCUT2D eigenvalue weighted by molar-refractivity contribution is 0.807. The lowest BCUT2D eigenvalue weighted by Crippen LogP contribution is -2.14. The molecule has 0 saturated heterocycles. The summed E-state index contributed by atoms with van der Waals surface area (Å²) in [5.41, 5.74) is 4.37. The molecule has 0 aliphatic rings. The van der Waals surface area contributed by atoms with E-state index in [9.17, 15) is 0 Å². The first-order valence-electron chi connectivity index (χ1n) is 4.96. The fraction of sp³-hybridized carbons (Fsp3) is 0.300. The van der Waals surface area contributed by atoms with Gasteiger partial charge in [-0.3, -0.25) is 0 Å². The third-order valence-electron chi connectivity index (χ3n) is 2.31. The second-order valence-electron chi connectivity index (χ2n) is 3.61. The molecule has 6 heteroatoms. The fourth-order valence-corrected chi connectivity index (χ4v) is 1.51. The number of hydrogen-bond acceptors (Lipinski definition) is 5. The Morgan fingerprint density at radius 1 is 1.25 bits per heavy atom. The van der Waals surface area contributed by atoms with E-state index in [0.29, 0.717) is 11.6 Å². The van der Waals surface area contributed by atoms with Crippen LogP contribution in [0.5, 0.6) is 0 Å². The summed E-state index contributed by atoms with van der Waals surface area (Å²) >= 11 is 0. The topological polar surface area (TPSA) is 81.7 Å². The van der Waals surface area contributed by atoms with E-state index in [1.807, 2.05) is 33.0 Å². The average Bonchev–Trinajstić information content (AvgIpc) is 2.67. The van der Waals surface area contributed by atoms with Crippen molar-refractivity contribution >= 4 is 5.82 Å². The van der Waals surface area contributed by atoms with Gasteiger partial charge in [0.25, 0.3) is 0 Å². The van der Waals surface area contributed by atoms with Gasteiger partial charge in [0.1, 0.15) is 11.6 Å². The number of rotatable bonds is 2. The van der Waals surface area contributed by atoms with E-state index in [2.05, 4.69) is 20.5 Å². The van der Waals surface area contributed by atoms with Gasteiger partial charge in [-0.2, -0.15) is 5.10 Å². The van der Waals surface area contributed by atoms with E-state index in [1.54, 1.807) is 4.68 Å². The molecule has 0 aliphatic carbocycles. The summed E-state index contributed by atoms with van der Waals surface area (Å²) in [6.07, 6.45) is 1.87. The summed E-state index contributed by atoms with van der Waals surface area (Å²) in [5, 5.41) is 4.32. The molecular weight excluding hydrogens is 204 g/mol. The summed E-state index contributed by atoms with van der Waals surface area (Å²) in [5.74, 6) is 7.42. The smallest absolute Gasteiger partial charge is 0.162 e. The maximum absolute atomic E-state index is 5.40. The molecule has 2 aromatic heterocycles. The predicted octanol–water partition coefficient (Wildman–Crippen LogP) is 0.873. The number of nitrogen functional groups attached to an aromatic ring is 1. The fourth-order valence-electron chi connectivity index (χ4n) is 1.51. The zero-order valence-electron chi connectivity index (χ0n) is 9.52. The lowest BCUT2D eigenvalue weighted by atomic mass is 10.3. The van der Waals surface area contributed by atoms with E-state index < -0.39 is 0 Å². The maximum Gasteiger partial charge on any atom is 0.162 e. The van der Waals surface area contributed by atoms with E-state index in [0.717, 1.165) is 17.1 Å². The molecule has 16 heavy (non-hydrogen) atoms. The van der Waals surface area contributed by atoms with Crippen molar-refractivity contribution in [3.05, 3.63) is 29.3 Å². The van der Waals surface area contributed by atoms with Crippen molar-refractivity contribution in [2.75, 3.05) is 5.43 Å². The molecule has 3 N–H and O–H groups in total. The standard InChI is InChI=1S/C10H14N6/c1-6-4-5-16(15-6)10-7(2)9(14-11)12-8(3)13-10/h4-5H,11H2,1-3H3,(H,12,13,14). The van der Waals surface area contributed by atoms with Crippen molar-refractivity contribution in [2.45, 2.75) is 20.8 Å². The highest BCUT2D eigenvalue weighted by Gasteiger charge is 2.10. The zero-order chi connectivity index (χ0) is 11.7. The molecule has 0 fully saturated rings. The van der Waals surface area contributed by atoms with Crippen molar-refractivity contribution in [3.8, 4) is 5.82 Å². The van der Waals surface area contributed by atoms with E-state index in [4.69, 9.17) is 5.84 Å². The van der Waals surface area contributed by atoms with Crippen LogP contribution in [0.1, 0.15) is 17.1 Å². The average molecular weight is 218 g/mol. The third kappa shape index (κ3) is 1.74. The number of aromatic nitrogens is 4. The number of nitrogens with zero attached hydrogens (tertiary/aromatic N) is 4. The van der Waals surface area contributed by atoms with Crippen LogP contribution >= 0.6 is 0 Å². The molecule has 0 radical (unpaired) electrons. The Hall–Kier alpha value is -1.95. The van der Waals surface area contributed by atoms with Gasteiger partial charge in [-0.1, -0.05) is 0 Å². The first kappa shape index (κ1) is 10.6. The van der Waals surface area contributed by atoms with Crippen LogP contribution in [-0.2, 0) is 0 Å². The quantitative estimate of drug-likeness (QED) is 0.577. The van der Waals surface area contributed by atoms with E-state index in [1.165, 1.54) is 0 Å². The van der Waals surface area contributed by atoms with Crippen LogP contribution in [0, 0.1) is 20.8 Å². The Bertz CT molecular complexity index is 516. The molecule has 2 heterocycles. The van der Waals surface area contributed by atoms with Gasteiger partial charge in [-0.05, 0) is 26.8 Å². The zero-order valence-corrected chi connectivity index (χ0v) is 9.52. The molecule has 84 valence electrons. The molecule has 6 nitrogen and oxygen atoms in total. The van der Waals surface area contributed by atoms with Crippen LogP contribution in [-0.4, -0.2) is 19.7 Å². The van der Waals surface area contributed by atoms with Gasteiger partial charge < -0.3 is 5.43 Å². The lowest BCUT2D eigenvalue weighted by Gasteiger charge is -2.10. The molecule has 0 amide bonds. The molecule has 2 rings (SSSR count). The Balaban J connectivity index is 2.60. The molecule has 0 spiro atoms. The van der Waals surface area contributed by atoms with Gasteiger partial charge in [-0.25, -0.2) is 20.5 Å². The highest BCUT2D eigenvalue weighted by molar-refractivity contribution is 5.50. The number of hydrogen-bond donors (Lipinski definition) is 2. The minimum absolute atomic E-state index is 0.621. The van der Waals surface area contributed by atoms with Gasteiger partial charge in [0.15, 0.2) is 5.82 Å². The van der Waals surface area contributed by atoms with Crippen LogP contribution < -0.4 is 11.3 Å². The van der Waals surface area contributed by atoms with Crippen LogP contribution in [0.15, 0.2) is 12.3 Å². The van der Waals surface area contributed by atoms with Crippen molar-refractivity contribution in [2.24, 2.45) is 5.84 Å². The maximum atomic E-state index is 5.40. The molecule has 0 atom stereocenters. The second-order valence-corrected chi connectivity index (χ2v) is 3.61. The summed E-state index contributed by atoms with van der Waals surface area (Å²) in [6.45, 7) is 5.66. The van der Waals surface area contributed by atoms with Crippen molar-refractivity contribution in [1.82, 2.24) is 19.7 Å².